The Morgan fingerprint density at radius 2 is 0.800 bits per heavy atom. The molecule has 0 aliphatic heterocycles. The third-order valence-electron chi connectivity index (χ3n) is 5.13. The van der Waals surface area contributed by atoms with E-state index in [9.17, 15) is 19.2 Å². The van der Waals surface area contributed by atoms with Gasteiger partial charge in [-0.2, -0.15) is 0 Å². The van der Waals surface area contributed by atoms with Crippen molar-refractivity contribution >= 4 is 23.6 Å². The van der Waals surface area contributed by atoms with Gasteiger partial charge < -0.3 is 48.3 Å². The Bertz CT molecular complexity index is 583. The van der Waals surface area contributed by atoms with Crippen LogP contribution in [-0.2, 0) is 19.2 Å². The van der Waals surface area contributed by atoms with Gasteiger partial charge in [-0.1, -0.05) is 0 Å². The molecule has 35 heavy (non-hydrogen) atoms. The van der Waals surface area contributed by atoms with Crippen molar-refractivity contribution in [3.8, 4) is 0 Å². The maximum absolute atomic E-state index is 12.0. The third kappa shape index (κ3) is 19.7. The Kier molecular flexibility index (Phi) is 20.7. The van der Waals surface area contributed by atoms with Crippen LogP contribution in [0.4, 0.5) is 0 Å². The van der Waals surface area contributed by atoms with Gasteiger partial charge in [0.2, 0.25) is 23.6 Å². The van der Waals surface area contributed by atoms with Crippen LogP contribution < -0.4 is 38.5 Å². The fourth-order valence-corrected chi connectivity index (χ4v) is 3.18. The summed E-state index contributed by atoms with van der Waals surface area (Å²) in [5.74, 6) is -0.339. The number of hydrogen-bond donors (Lipinski definition) is 7. The predicted molar refractivity (Wildman–Crippen MR) is 136 cm³/mol. The number of carbonyl (C=O) groups is 4. The van der Waals surface area contributed by atoms with Crippen LogP contribution in [0.15, 0.2) is 0 Å². The molecule has 0 fully saturated rings. The molecule has 0 saturated heterocycles. The lowest BCUT2D eigenvalue weighted by Crippen LogP contribution is -2.42. The monoisotopic (exact) mass is 501 g/mol. The van der Waals surface area contributed by atoms with E-state index in [1.54, 1.807) is 0 Å². The fourth-order valence-electron chi connectivity index (χ4n) is 3.18. The zero-order valence-electron chi connectivity index (χ0n) is 21.3. The minimum atomic E-state index is -0.0994. The SMILES string of the molecule is CCNC(=O)CCN(CCC(=O)NCCN)CCN(CCC(=O)NCCN)CCC(=O)NCCN. The number of nitrogens with two attached hydrogens (primary N) is 3. The van der Waals surface area contributed by atoms with Gasteiger partial charge in [-0.05, 0) is 6.92 Å². The summed E-state index contributed by atoms with van der Waals surface area (Å²) in [6, 6.07) is 0. The average Bonchev–Trinajstić information content (AvgIpc) is 2.85. The van der Waals surface area contributed by atoms with Crippen molar-refractivity contribution in [3.05, 3.63) is 0 Å². The first-order valence-corrected chi connectivity index (χ1v) is 12.5. The van der Waals surface area contributed by atoms with Crippen molar-refractivity contribution in [2.45, 2.75) is 32.6 Å². The van der Waals surface area contributed by atoms with Crippen molar-refractivity contribution in [2.75, 3.05) is 85.1 Å². The molecule has 204 valence electrons. The molecule has 13 nitrogen and oxygen atoms in total. The first-order chi connectivity index (χ1) is 16.9. The zero-order valence-corrected chi connectivity index (χ0v) is 21.3. The normalized spacial score (nSPS) is 10.9. The number of carbonyl (C=O) groups excluding carboxylic acids is 4. The van der Waals surface area contributed by atoms with E-state index in [0.29, 0.717) is 97.9 Å². The molecule has 0 saturated carbocycles. The van der Waals surface area contributed by atoms with E-state index < -0.39 is 0 Å². The summed E-state index contributed by atoms with van der Waals surface area (Å²) in [5.41, 5.74) is 16.3. The summed E-state index contributed by atoms with van der Waals surface area (Å²) in [5, 5.41) is 11.0. The van der Waals surface area contributed by atoms with Crippen LogP contribution in [-0.4, -0.2) is 119 Å². The molecule has 10 N–H and O–H groups in total. The van der Waals surface area contributed by atoms with Crippen LogP contribution in [0.1, 0.15) is 32.6 Å². The quantitative estimate of drug-likeness (QED) is 0.0786. The second-order valence-corrected chi connectivity index (χ2v) is 8.05. The topological polar surface area (TPSA) is 201 Å². The lowest BCUT2D eigenvalue weighted by Gasteiger charge is -2.27. The van der Waals surface area contributed by atoms with Crippen molar-refractivity contribution < 1.29 is 19.2 Å². The summed E-state index contributed by atoms with van der Waals surface area (Å²) in [4.78, 5) is 52.1. The number of nitrogens with one attached hydrogen (secondary N) is 4. The van der Waals surface area contributed by atoms with E-state index in [4.69, 9.17) is 17.2 Å². The van der Waals surface area contributed by atoms with Crippen LogP contribution in [0, 0.1) is 0 Å². The molecule has 0 aliphatic carbocycles. The van der Waals surface area contributed by atoms with E-state index in [1.165, 1.54) is 0 Å². The molecule has 0 atom stereocenters. The van der Waals surface area contributed by atoms with E-state index >= 15 is 0 Å². The van der Waals surface area contributed by atoms with Gasteiger partial charge in [-0.3, -0.25) is 19.2 Å². The third-order valence-corrected chi connectivity index (χ3v) is 5.13. The molecule has 0 aromatic heterocycles. The van der Waals surface area contributed by atoms with Crippen LogP contribution in [0.5, 0.6) is 0 Å². The summed E-state index contributed by atoms with van der Waals surface area (Å²) in [6.45, 7) is 7.89. The van der Waals surface area contributed by atoms with Gasteiger partial charge in [0.25, 0.3) is 0 Å². The second-order valence-electron chi connectivity index (χ2n) is 8.05. The minimum Gasteiger partial charge on any atom is -0.356 e. The highest BCUT2D eigenvalue weighted by Gasteiger charge is 2.15. The Labute approximate surface area is 209 Å². The number of nitrogens with zero attached hydrogens (tertiary/aromatic N) is 2. The van der Waals surface area contributed by atoms with Gasteiger partial charge >= 0.3 is 0 Å². The molecule has 0 bridgehead atoms. The summed E-state index contributed by atoms with van der Waals surface area (Å²) < 4.78 is 0. The Balaban J connectivity index is 4.97. The summed E-state index contributed by atoms with van der Waals surface area (Å²) >= 11 is 0. The number of hydrogen-bond acceptors (Lipinski definition) is 9. The molecule has 0 heterocycles. The van der Waals surface area contributed by atoms with Crippen LogP contribution >= 0.6 is 0 Å². The molecule has 13 heteroatoms. The highest BCUT2D eigenvalue weighted by atomic mass is 16.2. The van der Waals surface area contributed by atoms with Gasteiger partial charge in [-0.25, -0.2) is 0 Å². The van der Waals surface area contributed by atoms with Crippen LogP contribution in [0.2, 0.25) is 0 Å². The van der Waals surface area contributed by atoms with Crippen LogP contribution in [0.3, 0.4) is 0 Å². The van der Waals surface area contributed by atoms with Crippen molar-refractivity contribution in [1.29, 1.82) is 0 Å². The van der Waals surface area contributed by atoms with Gasteiger partial charge in [0, 0.05) is 111 Å². The standard InChI is InChI=1S/C22H47N9O4/c1-2-26-19(32)3-13-30(14-4-20(33)27-10-7-23)17-18-31(15-5-21(34)28-11-8-24)16-6-22(35)29-12-9-25/h2-18,23-25H2,1H3,(H,26,32)(H,27,33)(H,28,34)(H,29,35). The first-order valence-electron chi connectivity index (χ1n) is 12.5. The second kappa shape index (κ2) is 22.2. The van der Waals surface area contributed by atoms with Gasteiger partial charge in [0.1, 0.15) is 0 Å². The largest absolute Gasteiger partial charge is 0.356 e. The summed E-state index contributed by atoms with van der Waals surface area (Å²) in [7, 11) is 0. The first kappa shape index (κ1) is 32.7. The van der Waals surface area contributed by atoms with E-state index in [-0.39, 0.29) is 36.5 Å². The van der Waals surface area contributed by atoms with E-state index in [0.717, 1.165) is 0 Å². The van der Waals surface area contributed by atoms with Crippen LogP contribution in [0.25, 0.3) is 0 Å². The molecule has 0 spiro atoms. The van der Waals surface area contributed by atoms with Gasteiger partial charge in [-0.15, -0.1) is 0 Å². The molecular formula is C22H47N9O4. The molecule has 0 aromatic carbocycles. The van der Waals surface area contributed by atoms with Crippen molar-refractivity contribution in [2.24, 2.45) is 17.2 Å². The maximum atomic E-state index is 12.0. The smallest absolute Gasteiger partial charge is 0.221 e. The fraction of sp³-hybridized carbons (Fsp3) is 0.818. The van der Waals surface area contributed by atoms with E-state index in [1.807, 2.05) is 16.7 Å². The Hall–Kier alpha value is -2.32. The van der Waals surface area contributed by atoms with Crippen molar-refractivity contribution in [3.63, 3.8) is 0 Å². The molecule has 0 radical (unpaired) electrons. The maximum Gasteiger partial charge on any atom is 0.221 e. The average molecular weight is 502 g/mol. The van der Waals surface area contributed by atoms with Gasteiger partial charge in [0.05, 0.1) is 0 Å². The molecular weight excluding hydrogens is 454 g/mol. The number of rotatable bonds is 22. The lowest BCUT2D eigenvalue weighted by atomic mass is 10.2. The molecule has 0 rings (SSSR count). The Morgan fingerprint density at radius 3 is 1.06 bits per heavy atom. The molecule has 4 amide bonds. The van der Waals surface area contributed by atoms with E-state index in [2.05, 4.69) is 21.3 Å². The van der Waals surface area contributed by atoms with Gasteiger partial charge in [0.15, 0.2) is 0 Å². The predicted octanol–water partition coefficient (Wildman–Crippen LogP) is -3.49. The molecule has 0 unspecified atom stereocenters. The lowest BCUT2D eigenvalue weighted by molar-refractivity contribution is -0.123. The molecule has 0 aliphatic rings. The highest BCUT2D eigenvalue weighted by molar-refractivity contribution is 5.77. The van der Waals surface area contributed by atoms with Crippen molar-refractivity contribution in [1.82, 2.24) is 31.1 Å². The highest BCUT2D eigenvalue weighted by Crippen LogP contribution is 2.01. The summed E-state index contributed by atoms with van der Waals surface area (Å²) in [6.07, 6.45) is 1.18. The number of amides is 4. The minimum absolute atomic E-state index is 0.0462. The Morgan fingerprint density at radius 1 is 0.514 bits per heavy atom. The zero-order chi connectivity index (χ0) is 26.3. The molecule has 0 aromatic rings.